The Morgan fingerprint density at radius 2 is 2.12 bits per heavy atom. The van der Waals surface area contributed by atoms with Gasteiger partial charge in [-0.1, -0.05) is 0 Å². The zero-order valence-electron chi connectivity index (χ0n) is 10.4. The molecule has 3 rings (SSSR count). The Bertz CT molecular complexity index is 295. The molecule has 2 aliphatic heterocycles. The molecule has 0 unspecified atom stereocenters. The van der Waals surface area contributed by atoms with E-state index in [1.165, 1.54) is 0 Å². The normalized spacial score (nSPS) is 34.6. The van der Waals surface area contributed by atoms with Crippen LogP contribution in [0.25, 0.3) is 0 Å². The maximum atomic E-state index is 11.9. The minimum absolute atomic E-state index is 0.194. The summed E-state index contributed by atoms with van der Waals surface area (Å²) in [6, 6.07) is 0.194. The van der Waals surface area contributed by atoms with E-state index < -0.39 is 5.60 Å². The number of amides is 1. The summed E-state index contributed by atoms with van der Waals surface area (Å²) < 4.78 is 5.35. The Balaban J connectivity index is 1.96. The van der Waals surface area contributed by atoms with Gasteiger partial charge in [0, 0.05) is 18.5 Å². The van der Waals surface area contributed by atoms with Gasteiger partial charge in [-0.25, -0.2) is 4.79 Å². The molecule has 2 bridgehead atoms. The first-order valence-corrected chi connectivity index (χ1v) is 5.97. The summed E-state index contributed by atoms with van der Waals surface area (Å²) >= 11 is 0. The molecule has 1 amide bonds. The lowest BCUT2D eigenvalue weighted by Crippen LogP contribution is -2.47. The molecular weight excluding hydrogens is 206 g/mol. The number of rotatable bonds is 1. The van der Waals surface area contributed by atoms with Crippen molar-refractivity contribution in [2.75, 3.05) is 6.54 Å². The molecule has 4 atom stereocenters. The van der Waals surface area contributed by atoms with Gasteiger partial charge in [0.15, 0.2) is 0 Å². The summed E-state index contributed by atoms with van der Waals surface area (Å²) in [6.07, 6.45) is 0.466. The topological polar surface area (TPSA) is 49.8 Å². The predicted molar refractivity (Wildman–Crippen MR) is 60.0 cm³/mol. The third-order valence-corrected chi connectivity index (χ3v) is 3.55. The van der Waals surface area contributed by atoms with E-state index in [4.69, 9.17) is 4.74 Å². The third kappa shape index (κ3) is 1.90. The average molecular weight is 227 g/mol. The quantitative estimate of drug-likeness (QED) is 0.740. The number of carbonyl (C=O) groups is 1. The molecule has 0 radical (unpaired) electrons. The Morgan fingerprint density at radius 3 is 2.56 bits per heavy atom. The van der Waals surface area contributed by atoms with Crippen molar-refractivity contribution < 1.29 is 14.6 Å². The third-order valence-electron chi connectivity index (χ3n) is 3.55. The fourth-order valence-electron chi connectivity index (χ4n) is 2.91. The Hall–Kier alpha value is -0.770. The second-order valence-electron chi connectivity index (χ2n) is 6.01. The van der Waals surface area contributed by atoms with Crippen molar-refractivity contribution in [3.63, 3.8) is 0 Å². The van der Waals surface area contributed by atoms with Gasteiger partial charge >= 0.3 is 6.09 Å². The number of nitrogens with zero attached hydrogens (tertiary/aromatic N) is 1. The summed E-state index contributed by atoms with van der Waals surface area (Å²) in [6.45, 7) is 8.17. The molecule has 0 aromatic carbocycles. The van der Waals surface area contributed by atoms with Crippen LogP contribution >= 0.6 is 0 Å². The number of hydrogen-bond acceptors (Lipinski definition) is 3. The molecule has 3 fully saturated rings. The fraction of sp³-hybridized carbons (Fsp3) is 0.917. The van der Waals surface area contributed by atoms with Crippen molar-refractivity contribution in [1.82, 2.24) is 4.90 Å². The van der Waals surface area contributed by atoms with E-state index in [1.54, 1.807) is 4.90 Å². The standard InChI is InChI=1S/C12H21NO3/c1-7(14)10-8-5-9(10)13(6-8)11(15)16-12(2,3)4/h7-10,14H,5-6H2,1-4H3/t7-,8-,9+,10-/m0/s1. The van der Waals surface area contributed by atoms with Crippen LogP contribution in [0.3, 0.4) is 0 Å². The molecule has 2 heterocycles. The lowest BCUT2D eigenvalue weighted by molar-refractivity contribution is 0.000963. The lowest BCUT2D eigenvalue weighted by atomic mass is 9.71. The highest BCUT2D eigenvalue weighted by atomic mass is 16.6. The van der Waals surface area contributed by atoms with Crippen LogP contribution in [-0.2, 0) is 4.74 Å². The van der Waals surface area contributed by atoms with E-state index >= 15 is 0 Å². The van der Waals surface area contributed by atoms with E-state index in [0.717, 1.165) is 13.0 Å². The minimum Gasteiger partial charge on any atom is -0.444 e. The SMILES string of the molecule is C[C@H](O)[C@H]1[C@H]2C[C@H]1N(C(=O)OC(C)(C)C)C2. The molecule has 1 saturated carbocycles. The van der Waals surface area contributed by atoms with Crippen LogP contribution in [0.1, 0.15) is 34.1 Å². The molecule has 4 nitrogen and oxygen atoms in total. The minimum atomic E-state index is -0.440. The molecule has 2 saturated heterocycles. The van der Waals surface area contributed by atoms with Crippen LogP contribution in [0.15, 0.2) is 0 Å². The first-order chi connectivity index (χ1) is 7.29. The molecule has 0 spiro atoms. The van der Waals surface area contributed by atoms with Gasteiger partial charge in [0.2, 0.25) is 0 Å². The zero-order chi connectivity index (χ0) is 12.1. The molecule has 0 aromatic heterocycles. The molecule has 3 aliphatic rings. The van der Waals surface area contributed by atoms with Crippen molar-refractivity contribution in [2.24, 2.45) is 11.8 Å². The highest BCUT2D eigenvalue weighted by Crippen LogP contribution is 2.48. The van der Waals surface area contributed by atoms with Crippen LogP contribution in [0, 0.1) is 11.8 Å². The first kappa shape index (κ1) is 11.7. The Morgan fingerprint density at radius 1 is 1.50 bits per heavy atom. The monoisotopic (exact) mass is 227 g/mol. The number of hydrogen-bond donors (Lipinski definition) is 1. The number of aliphatic hydroxyl groups is 1. The highest BCUT2D eigenvalue weighted by molar-refractivity contribution is 5.69. The summed E-state index contributed by atoms with van der Waals surface area (Å²) in [4.78, 5) is 13.7. The molecule has 1 N–H and O–H groups in total. The fourth-order valence-corrected chi connectivity index (χ4v) is 2.91. The summed E-state index contributed by atoms with van der Waals surface area (Å²) in [5.74, 6) is 0.727. The summed E-state index contributed by atoms with van der Waals surface area (Å²) in [5, 5.41) is 9.61. The predicted octanol–water partition coefficient (Wildman–Crippen LogP) is 1.62. The van der Waals surface area contributed by atoms with Crippen molar-refractivity contribution >= 4 is 6.09 Å². The number of aliphatic hydroxyl groups excluding tert-OH is 1. The van der Waals surface area contributed by atoms with Crippen LogP contribution in [0.4, 0.5) is 4.79 Å². The second kappa shape index (κ2) is 3.62. The Labute approximate surface area is 96.6 Å². The van der Waals surface area contributed by atoms with Crippen molar-refractivity contribution in [1.29, 1.82) is 0 Å². The number of carbonyl (C=O) groups excluding carboxylic acids is 1. The summed E-state index contributed by atoms with van der Waals surface area (Å²) in [5.41, 5.74) is -0.440. The molecule has 1 aliphatic carbocycles. The first-order valence-electron chi connectivity index (χ1n) is 5.97. The highest BCUT2D eigenvalue weighted by Gasteiger charge is 2.56. The molecule has 0 aromatic rings. The van der Waals surface area contributed by atoms with E-state index in [1.807, 2.05) is 27.7 Å². The maximum absolute atomic E-state index is 11.9. The van der Waals surface area contributed by atoms with Crippen molar-refractivity contribution in [3.05, 3.63) is 0 Å². The van der Waals surface area contributed by atoms with Crippen LogP contribution in [-0.4, -0.2) is 40.4 Å². The zero-order valence-corrected chi connectivity index (χ0v) is 10.4. The van der Waals surface area contributed by atoms with Crippen LogP contribution in [0.5, 0.6) is 0 Å². The van der Waals surface area contributed by atoms with Crippen molar-refractivity contribution in [3.8, 4) is 0 Å². The van der Waals surface area contributed by atoms with Gasteiger partial charge < -0.3 is 14.7 Å². The van der Waals surface area contributed by atoms with Gasteiger partial charge in [0.05, 0.1) is 6.10 Å². The molecule has 92 valence electrons. The van der Waals surface area contributed by atoms with Gasteiger partial charge in [-0.05, 0) is 40.0 Å². The van der Waals surface area contributed by atoms with Gasteiger partial charge in [-0.3, -0.25) is 0 Å². The molecule has 16 heavy (non-hydrogen) atoms. The van der Waals surface area contributed by atoms with Crippen LogP contribution in [0.2, 0.25) is 0 Å². The van der Waals surface area contributed by atoms with E-state index in [9.17, 15) is 9.90 Å². The van der Waals surface area contributed by atoms with Gasteiger partial charge in [0.1, 0.15) is 5.60 Å². The van der Waals surface area contributed by atoms with Crippen LogP contribution < -0.4 is 0 Å². The molecule has 4 heteroatoms. The average Bonchev–Trinajstić information content (AvgIpc) is 2.53. The molecular formula is C12H21NO3. The Kier molecular flexibility index (Phi) is 2.65. The maximum Gasteiger partial charge on any atom is 0.410 e. The smallest absolute Gasteiger partial charge is 0.410 e. The second-order valence-corrected chi connectivity index (χ2v) is 6.01. The van der Waals surface area contributed by atoms with E-state index in [-0.39, 0.29) is 24.2 Å². The van der Waals surface area contributed by atoms with Gasteiger partial charge in [-0.15, -0.1) is 0 Å². The van der Waals surface area contributed by atoms with Crippen molar-refractivity contribution in [2.45, 2.75) is 51.9 Å². The lowest BCUT2D eigenvalue weighted by Gasteiger charge is -2.38. The van der Waals surface area contributed by atoms with Gasteiger partial charge in [-0.2, -0.15) is 0 Å². The van der Waals surface area contributed by atoms with Gasteiger partial charge in [0.25, 0.3) is 0 Å². The summed E-state index contributed by atoms with van der Waals surface area (Å²) in [7, 11) is 0. The largest absolute Gasteiger partial charge is 0.444 e. The van der Waals surface area contributed by atoms with E-state index in [2.05, 4.69) is 0 Å². The number of ether oxygens (including phenoxy) is 1. The van der Waals surface area contributed by atoms with E-state index in [0.29, 0.717) is 5.92 Å². The number of fused-ring (bicyclic) bond motifs is 1.